The maximum Gasteiger partial charge on any atom is 0.331 e. The van der Waals surface area contributed by atoms with Crippen LogP contribution in [0.3, 0.4) is 0 Å². The first-order valence-electron chi connectivity index (χ1n) is 10.3. The lowest BCUT2D eigenvalue weighted by molar-refractivity contribution is -0.156. The lowest BCUT2D eigenvalue weighted by Gasteiger charge is -2.35. The van der Waals surface area contributed by atoms with Gasteiger partial charge in [0.2, 0.25) is 0 Å². The number of hydrogen-bond donors (Lipinski definition) is 0. The van der Waals surface area contributed by atoms with Crippen LogP contribution in [0, 0.1) is 23.7 Å². The zero-order valence-electron chi connectivity index (χ0n) is 18.1. The van der Waals surface area contributed by atoms with Crippen molar-refractivity contribution in [3.05, 3.63) is 35.4 Å². The van der Waals surface area contributed by atoms with Crippen LogP contribution in [0.2, 0.25) is 0 Å². The molecule has 2 fully saturated rings. The van der Waals surface area contributed by atoms with E-state index in [0.717, 1.165) is 6.42 Å². The Kier molecular flexibility index (Phi) is 5.03. The SMILES string of the molecule is Cc1ccccc1C[C@@H](N=C1C[C@H]2CC[C@]1(C)C2(C)C)C(=O)OC(C)(C)C. The Morgan fingerprint density at radius 3 is 2.44 bits per heavy atom. The number of nitrogens with zero attached hydrogens (tertiary/aromatic N) is 1. The van der Waals surface area contributed by atoms with E-state index in [-0.39, 0.29) is 16.8 Å². The average molecular weight is 370 g/mol. The van der Waals surface area contributed by atoms with Crippen LogP contribution in [-0.2, 0) is 16.0 Å². The molecular weight excluding hydrogens is 334 g/mol. The number of fused-ring (bicyclic) bond motifs is 2. The molecule has 148 valence electrons. The molecule has 2 saturated carbocycles. The summed E-state index contributed by atoms with van der Waals surface area (Å²) in [7, 11) is 0. The molecule has 27 heavy (non-hydrogen) atoms. The second-order valence-corrected chi connectivity index (χ2v) is 10.2. The average Bonchev–Trinajstić information content (AvgIpc) is 2.88. The summed E-state index contributed by atoms with van der Waals surface area (Å²) in [5.74, 6) is 0.474. The van der Waals surface area contributed by atoms with Gasteiger partial charge in [-0.25, -0.2) is 4.79 Å². The van der Waals surface area contributed by atoms with E-state index in [4.69, 9.17) is 9.73 Å². The first kappa shape index (κ1) is 20.1. The maximum absolute atomic E-state index is 13.0. The van der Waals surface area contributed by atoms with E-state index in [2.05, 4.69) is 39.8 Å². The minimum absolute atomic E-state index is 0.101. The molecule has 0 aliphatic heterocycles. The molecule has 2 aliphatic rings. The van der Waals surface area contributed by atoms with E-state index in [1.165, 1.54) is 29.7 Å². The van der Waals surface area contributed by atoms with Gasteiger partial charge in [-0.2, -0.15) is 0 Å². The molecule has 2 aliphatic carbocycles. The van der Waals surface area contributed by atoms with Crippen LogP contribution in [0.15, 0.2) is 29.3 Å². The van der Waals surface area contributed by atoms with Gasteiger partial charge in [0, 0.05) is 17.5 Å². The van der Waals surface area contributed by atoms with Crippen molar-refractivity contribution in [2.45, 2.75) is 85.8 Å². The van der Waals surface area contributed by atoms with Gasteiger partial charge in [0.1, 0.15) is 5.60 Å². The van der Waals surface area contributed by atoms with E-state index in [9.17, 15) is 4.79 Å². The Hall–Kier alpha value is -1.64. The quantitative estimate of drug-likeness (QED) is 0.654. The Morgan fingerprint density at radius 2 is 1.93 bits per heavy atom. The number of aryl methyl sites for hydroxylation is 1. The zero-order valence-corrected chi connectivity index (χ0v) is 18.1. The third kappa shape index (κ3) is 3.70. The molecule has 3 heteroatoms. The van der Waals surface area contributed by atoms with Gasteiger partial charge in [-0.3, -0.25) is 4.99 Å². The summed E-state index contributed by atoms with van der Waals surface area (Å²) in [6.45, 7) is 14.9. The van der Waals surface area contributed by atoms with E-state index in [1.54, 1.807) is 0 Å². The molecule has 3 nitrogen and oxygen atoms in total. The molecule has 0 heterocycles. The highest BCUT2D eigenvalue weighted by molar-refractivity contribution is 5.96. The smallest absolute Gasteiger partial charge is 0.331 e. The van der Waals surface area contributed by atoms with Crippen LogP contribution in [0.1, 0.15) is 71.9 Å². The van der Waals surface area contributed by atoms with Crippen LogP contribution in [-0.4, -0.2) is 23.3 Å². The molecule has 3 rings (SSSR count). The molecular formula is C24H35NO2. The number of aliphatic imine (C=N–C) groups is 1. The van der Waals surface area contributed by atoms with Gasteiger partial charge < -0.3 is 4.74 Å². The summed E-state index contributed by atoms with van der Waals surface area (Å²) in [6.07, 6.45) is 4.08. The number of carbonyl (C=O) groups excluding carboxylic acids is 1. The van der Waals surface area contributed by atoms with Crippen molar-refractivity contribution in [2.75, 3.05) is 0 Å². The highest BCUT2D eigenvalue weighted by Gasteiger charge is 2.59. The number of benzene rings is 1. The van der Waals surface area contributed by atoms with Crippen molar-refractivity contribution in [2.24, 2.45) is 21.7 Å². The molecule has 0 amide bonds. The van der Waals surface area contributed by atoms with E-state index >= 15 is 0 Å². The largest absolute Gasteiger partial charge is 0.458 e. The van der Waals surface area contributed by atoms with Gasteiger partial charge in [-0.15, -0.1) is 0 Å². The van der Waals surface area contributed by atoms with Crippen LogP contribution in [0.25, 0.3) is 0 Å². The van der Waals surface area contributed by atoms with Gasteiger partial charge in [0.25, 0.3) is 0 Å². The fourth-order valence-electron chi connectivity index (χ4n) is 4.91. The Morgan fingerprint density at radius 1 is 1.26 bits per heavy atom. The topological polar surface area (TPSA) is 38.7 Å². The number of ether oxygens (including phenoxy) is 1. The normalized spacial score (nSPS) is 29.1. The van der Waals surface area contributed by atoms with E-state index in [0.29, 0.717) is 12.3 Å². The van der Waals surface area contributed by atoms with Crippen molar-refractivity contribution >= 4 is 11.7 Å². The third-order valence-corrected chi connectivity index (χ3v) is 7.18. The molecule has 3 atom stereocenters. The number of hydrogen-bond acceptors (Lipinski definition) is 3. The summed E-state index contributed by atoms with van der Waals surface area (Å²) in [6, 6.07) is 7.79. The summed E-state index contributed by atoms with van der Waals surface area (Å²) in [4.78, 5) is 18.1. The molecule has 2 bridgehead atoms. The minimum atomic E-state index is -0.501. The monoisotopic (exact) mass is 369 g/mol. The highest BCUT2D eigenvalue weighted by Crippen LogP contribution is 2.64. The first-order valence-corrected chi connectivity index (χ1v) is 10.3. The summed E-state index contributed by atoms with van der Waals surface area (Å²) in [5.41, 5.74) is 3.46. The van der Waals surface area contributed by atoms with Gasteiger partial charge in [0.05, 0.1) is 0 Å². The van der Waals surface area contributed by atoms with Crippen molar-refractivity contribution in [3.63, 3.8) is 0 Å². The summed E-state index contributed by atoms with van der Waals surface area (Å²) in [5, 5.41) is 0. The molecule has 1 aromatic rings. The van der Waals surface area contributed by atoms with Crippen molar-refractivity contribution in [1.29, 1.82) is 0 Å². The van der Waals surface area contributed by atoms with Gasteiger partial charge in [0.15, 0.2) is 6.04 Å². The Bertz CT molecular complexity index is 756. The molecule has 0 spiro atoms. The molecule has 0 unspecified atom stereocenters. The fraction of sp³-hybridized carbons (Fsp3) is 0.667. The predicted molar refractivity (Wildman–Crippen MR) is 111 cm³/mol. The van der Waals surface area contributed by atoms with Gasteiger partial charge in [-0.05, 0) is 69.4 Å². The molecule has 0 saturated heterocycles. The number of esters is 1. The predicted octanol–water partition coefficient (Wildman–Crippen LogP) is 5.54. The first-order chi connectivity index (χ1) is 12.4. The minimum Gasteiger partial charge on any atom is -0.458 e. The molecule has 0 aromatic heterocycles. The summed E-state index contributed by atoms with van der Waals surface area (Å²) < 4.78 is 5.74. The van der Waals surface area contributed by atoms with Crippen LogP contribution >= 0.6 is 0 Å². The van der Waals surface area contributed by atoms with Crippen LogP contribution in [0.4, 0.5) is 0 Å². The Labute approximate surface area is 164 Å². The standard InChI is InChI=1S/C24H35NO2/c1-16-10-8-9-11-17(16)14-19(21(26)27-22(2,3)4)25-20-15-18-12-13-24(20,7)23(18,5)6/h8-11,18-19H,12-15H2,1-7H3/t18-,19-,24+/m1/s1. The lowest BCUT2D eigenvalue weighted by atomic mass is 9.70. The number of carbonyl (C=O) groups is 1. The fourth-order valence-corrected chi connectivity index (χ4v) is 4.91. The van der Waals surface area contributed by atoms with Crippen molar-refractivity contribution in [3.8, 4) is 0 Å². The van der Waals surface area contributed by atoms with Crippen molar-refractivity contribution in [1.82, 2.24) is 0 Å². The van der Waals surface area contributed by atoms with Gasteiger partial charge >= 0.3 is 5.97 Å². The third-order valence-electron chi connectivity index (χ3n) is 7.18. The second-order valence-electron chi connectivity index (χ2n) is 10.2. The zero-order chi connectivity index (χ0) is 20.0. The number of rotatable bonds is 4. The molecule has 1 aromatic carbocycles. The van der Waals surface area contributed by atoms with Gasteiger partial charge in [-0.1, -0.05) is 45.0 Å². The highest BCUT2D eigenvalue weighted by atomic mass is 16.6. The second kappa shape index (κ2) is 6.76. The summed E-state index contributed by atoms with van der Waals surface area (Å²) >= 11 is 0. The van der Waals surface area contributed by atoms with E-state index < -0.39 is 11.6 Å². The molecule has 0 radical (unpaired) electrons. The van der Waals surface area contributed by atoms with Crippen LogP contribution < -0.4 is 0 Å². The lowest BCUT2D eigenvalue weighted by Crippen LogP contribution is -2.36. The van der Waals surface area contributed by atoms with E-state index in [1.807, 2.05) is 32.9 Å². The Balaban J connectivity index is 1.93. The van der Waals surface area contributed by atoms with Crippen molar-refractivity contribution < 1.29 is 9.53 Å². The maximum atomic E-state index is 13.0. The van der Waals surface area contributed by atoms with Crippen LogP contribution in [0.5, 0.6) is 0 Å². The molecule has 0 N–H and O–H groups in total.